The van der Waals surface area contributed by atoms with Crippen molar-refractivity contribution in [2.45, 2.75) is 0 Å². The molecule has 1 heterocycles. The molecule has 96 valence electrons. The first-order valence-corrected chi connectivity index (χ1v) is 5.60. The zero-order valence-corrected chi connectivity index (χ0v) is 10.7. The van der Waals surface area contributed by atoms with Crippen LogP contribution >= 0.6 is 0 Å². The summed E-state index contributed by atoms with van der Waals surface area (Å²) in [6, 6.07) is 8.74. The molecule has 0 saturated heterocycles. The zero-order chi connectivity index (χ0) is 14.0. The van der Waals surface area contributed by atoms with Gasteiger partial charge in [-0.2, -0.15) is 10.4 Å². The van der Waals surface area contributed by atoms with Crippen LogP contribution in [0.2, 0.25) is 0 Å². The number of benzene rings is 1. The molecule has 0 atom stereocenters. The van der Waals surface area contributed by atoms with E-state index in [9.17, 15) is 4.79 Å². The smallest absolute Gasteiger partial charge is 0.280 e. The Morgan fingerprint density at radius 2 is 2.05 bits per heavy atom. The van der Waals surface area contributed by atoms with Gasteiger partial charge in [0.1, 0.15) is 0 Å². The maximum absolute atomic E-state index is 12.2. The molecule has 0 bridgehead atoms. The van der Waals surface area contributed by atoms with Gasteiger partial charge in [-0.1, -0.05) is 0 Å². The van der Waals surface area contributed by atoms with Gasteiger partial charge >= 0.3 is 0 Å². The number of nitrogen functional groups attached to an aromatic ring is 1. The third kappa shape index (κ3) is 2.40. The normalized spacial score (nSPS) is 9.95. The lowest BCUT2D eigenvalue weighted by Gasteiger charge is -2.16. The summed E-state index contributed by atoms with van der Waals surface area (Å²) < 4.78 is 1.50. The second kappa shape index (κ2) is 4.82. The fraction of sp³-hybridized carbons (Fsp3) is 0.154. The lowest BCUT2D eigenvalue weighted by atomic mass is 10.2. The Hall–Kier alpha value is -2.81. The summed E-state index contributed by atoms with van der Waals surface area (Å²) in [5.74, 6) is -0.289. The fourth-order valence-electron chi connectivity index (χ4n) is 1.71. The van der Waals surface area contributed by atoms with Crippen LogP contribution in [-0.4, -0.2) is 22.7 Å². The van der Waals surface area contributed by atoms with E-state index in [0.29, 0.717) is 16.9 Å². The highest BCUT2D eigenvalue weighted by atomic mass is 16.2. The minimum atomic E-state index is -0.289. The van der Waals surface area contributed by atoms with Gasteiger partial charge in [-0.15, -0.1) is 0 Å². The molecule has 0 aliphatic rings. The predicted octanol–water partition coefficient (Wildman–Crippen LogP) is 1.15. The molecule has 0 aliphatic carbocycles. The van der Waals surface area contributed by atoms with Crippen LogP contribution in [0.15, 0.2) is 30.5 Å². The van der Waals surface area contributed by atoms with Gasteiger partial charge in [0.15, 0.2) is 5.69 Å². The first-order chi connectivity index (χ1) is 9.02. The third-order valence-electron chi connectivity index (χ3n) is 2.75. The largest absolute Gasteiger partial charge is 0.396 e. The summed E-state index contributed by atoms with van der Waals surface area (Å²) in [5, 5.41) is 12.8. The zero-order valence-electron chi connectivity index (χ0n) is 10.7. The number of amides is 1. The highest BCUT2D eigenvalue weighted by Crippen LogP contribution is 2.18. The van der Waals surface area contributed by atoms with Crippen molar-refractivity contribution in [3.05, 3.63) is 41.7 Å². The number of aromatic nitrogens is 2. The summed E-state index contributed by atoms with van der Waals surface area (Å²) in [4.78, 5) is 13.7. The molecule has 6 heteroatoms. The number of carbonyl (C=O) groups excluding carboxylic acids is 1. The van der Waals surface area contributed by atoms with Crippen molar-refractivity contribution >= 4 is 17.3 Å². The highest BCUT2D eigenvalue weighted by Gasteiger charge is 2.19. The van der Waals surface area contributed by atoms with Crippen molar-refractivity contribution in [3.8, 4) is 6.07 Å². The summed E-state index contributed by atoms with van der Waals surface area (Å²) >= 11 is 0. The number of anilines is 2. The minimum Gasteiger partial charge on any atom is -0.396 e. The van der Waals surface area contributed by atoms with Gasteiger partial charge in [0, 0.05) is 26.0 Å². The van der Waals surface area contributed by atoms with Crippen molar-refractivity contribution in [1.29, 1.82) is 5.26 Å². The van der Waals surface area contributed by atoms with Crippen molar-refractivity contribution in [1.82, 2.24) is 9.78 Å². The van der Waals surface area contributed by atoms with Crippen LogP contribution in [0.4, 0.5) is 11.4 Å². The molecule has 0 spiro atoms. The van der Waals surface area contributed by atoms with E-state index in [1.807, 2.05) is 6.07 Å². The third-order valence-corrected chi connectivity index (χ3v) is 2.75. The van der Waals surface area contributed by atoms with Gasteiger partial charge in [-0.3, -0.25) is 9.48 Å². The van der Waals surface area contributed by atoms with E-state index in [-0.39, 0.29) is 11.6 Å². The lowest BCUT2D eigenvalue weighted by molar-refractivity contribution is 0.0988. The van der Waals surface area contributed by atoms with Crippen molar-refractivity contribution in [2.75, 3.05) is 17.7 Å². The Bertz CT molecular complexity index is 651. The number of aryl methyl sites for hydroxylation is 1. The Morgan fingerprint density at radius 3 is 2.53 bits per heavy atom. The summed E-state index contributed by atoms with van der Waals surface area (Å²) in [7, 11) is 3.34. The van der Waals surface area contributed by atoms with Crippen LogP contribution in [0.25, 0.3) is 0 Å². The van der Waals surface area contributed by atoms with Gasteiger partial charge in [-0.25, -0.2) is 0 Å². The van der Waals surface area contributed by atoms with Crippen LogP contribution in [-0.2, 0) is 7.05 Å². The topological polar surface area (TPSA) is 87.9 Å². The van der Waals surface area contributed by atoms with Gasteiger partial charge in [0.05, 0.1) is 17.3 Å². The molecule has 0 fully saturated rings. The van der Waals surface area contributed by atoms with Crippen molar-refractivity contribution < 1.29 is 4.79 Å². The fourth-order valence-corrected chi connectivity index (χ4v) is 1.71. The highest BCUT2D eigenvalue weighted by molar-refractivity contribution is 6.07. The molecule has 0 saturated carbocycles. The van der Waals surface area contributed by atoms with Crippen LogP contribution < -0.4 is 10.6 Å². The predicted molar refractivity (Wildman–Crippen MR) is 71.5 cm³/mol. The molecule has 0 unspecified atom stereocenters. The maximum Gasteiger partial charge on any atom is 0.280 e. The van der Waals surface area contributed by atoms with Crippen LogP contribution in [0, 0.1) is 11.3 Å². The molecule has 0 radical (unpaired) electrons. The van der Waals surface area contributed by atoms with Crippen LogP contribution in [0.5, 0.6) is 0 Å². The maximum atomic E-state index is 12.2. The Balaban J connectivity index is 2.28. The van der Waals surface area contributed by atoms with Gasteiger partial charge in [0.25, 0.3) is 5.91 Å². The number of rotatable bonds is 2. The standard InChI is InChI=1S/C13H13N5O/c1-17-8-11(15)12(16-17)13(19)18(2)10-5-3-9(7-14)4-6-10/h3-6,8H,15H2,1-2H3. The van der Waals surface area contributed by atoms with Gasteiger partial charge in [-0.05, 0) is 24.3 Å². The second-order valence-electron chi connectivity index (χ2n) is 4.13. The Labute approximate surface area is 110 Å². The quantitative estimate of drug-likeness (QED) is 0.871. The van der Waals surface area contributed by atoms with E-state index in [0.717, 1.165) is 0 Å². The molecule has 2 rings (SSSR count). The minimum absolute atomic E-state index is 0.217. The molecule has 1 aromatic heterocycles. The molecule has 2 N–H and O–H groups in total. The van der Waals surface area contributed by atoms with Gasteiger partial charge < -0.3 is 10.6 Å². The number of nitrogens with zero attached hydrogens (tertiary/aromatic N) is 4. The average Bonchev–Trinajstić information content (AvgIpc) is 2.76. The van der Waals surface area contributed by atoms with E-state index in [2.05, 4.69) is 5.10 Å². The number of hydrogen-bond acceptors (Lipinski definition) is 4. The second-order valence-corrected chi connectivity index (χ2v) is 4.13. The number of hydrogen-bond donors (Lipinski definition) is 1. The SMILES string of the molecule is CN(C(=O)c1nn(C)cc1N)c1ccc(C#N)cc1. The molecule has 2 aromatic rings. The summed E-state index contributed by atoms with van der Waals surface area (Å²) in [5.41, 5.74) is 7.51. The van der Waals surface area contributed by atoms with Crippen LogP contribution in [0.1, 0.15) is 16.1 Å². The molecular formula is C13H13N5O. The first kappa shape index (κ1) is 12.6. The summed E-state index contributed by atoms with van der Waals surface area (Å²) in [6.07, 6.45) is 1.58. The first-order valence-electron chi connectivity index (χ1n) is 5.60. The molecular weight excluding hydrogens is 242 g/mol. The molecule has 1 aromatic carbocycles. The monoisotopic (exact) mass is 255 g/mol. The average molecular weight is 255 g/mol. The molecule has 0 aliphatic heterocycles. The lowest BCUT2D eigenvalue weighted by Crippen LogP contribution is -2.27. The number of nitriles is 1. The molecule has 1 amide bonds. The Morgan fingerprint density at radius 1 is 1.42 bits per heavy atom. The van der Waals surface area contributed by atoms with E-state index in [1.165, 1.54) is 9.58 Å². The van der Waals surface area contributed by atoms with Crippen molar-refractivity contribution in [2.24, 2.45) is 7.05 Å². The van der Waals surface area contributed by atoms with E-state index in [4.69, 9.17) is 11.0 Å². The van der Waals surface area contributed by atoms with Gasteiger partial charge in [0.2, 0.25) is 0 Å². The molecule has 19 heavy (non-hydrogen) atoms. The number of carbonyl (C=O) groups is 1. The van der Waals surface area contributed by atoms with E-state index in [1.54, 1.807) is 44.6 Å². The molecule has 6 nitrogen and oxygen atoms in total. The summed E-state index contributed by atoms with van der Waals surface area (Å²) in [6.45, 7) is 0. The van der Waals surface area contributed by atoms with E-state index >= 15 is 0 Å². The van der Waals surface area contributed by atoms with Crippen molar-refractivity contribution in [3.63, 3.8) is 0 Å². The number of nitrogens with two attached hydrogens (primary N) is 1. The van der Waals surface area contributed by atoms with Crippen LogP contribution in [0.3, 0.4) is 0 Å². The van der Waals surface area contributed by atoms with E-state index < -0.39 is 0 Å². The Kier molecular flexibility index (Phi) is 3.21.